The van der Waals surface area contributed by atoms with Crippen molar-refractivity contribution < 1.29 is 14.6 Å². The Labute approximate surface area is 102 Å². The zero-order valence-corrected chi connectivity index (χ0v) is 10.8. The standard InChI is InChI=1S/C10H20N2O3.ClH/c1-10(2,3)15-9(14)12-7-4-8(6-13)11-5-7;/h7-8,11,13H,4-6H2,1-3H3,(H,12,14);1H. The second-order valence-corrected chi connectivity index (χ2v) is 4.87. The van der Waals surface area contributed by atoms with E-state index in [0.29, 0.717) is 6.54 Å². The summed E-state index contributed by atoms with van der Waals surface area (Å²) in [4.78, 5) is 11.4. The molecule has 0 spiro atoms. The van der Waals surface area contributed by atoms with E-state index in [1.807, 2.05) is 20.8 Å². The molecule has 1 amide bonds. The summed E-state index contributed by atoms with van der Waals surface area (Å²) in [5, 5.41) is 14.8. The van der Waals surface area contributed by atoms with E-state index < -0.39 is 11.7 Å². The highest BCUT2D eigenvalue weighted by Crippen LogP contribution is 2.09. The molecule has 2 atom stereocenters. The third-order valence-electron chi connectivity index (χ3n) is 2.16. The van der Waals surface area contributed by atoms with Crippen LogP contribution in [0.3, 0.4) is 0 Å². The van der Waals surface area contributed by atoms with Gasteiger partial charge in [0.1, 0.15) is 5.60 Å². The summed E-state index contributed by atoms with van der Waals surface area (Å²) in [6.07, 6.45) is 0.350. The Bertz CT molecular complexity index is 231. The van der Waals surface area contributed by atoms with E-state index in [4.69, 9.17) is 9.84 Å². The molecule has 0 radical (unpaired) electrons. The molecule has 16 heavy (non-hydrogen) atoms. The van der Waals surface area contributed by atoms with Crippen molar-refractivity contribution in [3.8, 4) is 0 Å². The first-order chi connectivity index (χ1) is 6.90. The highest BCUT2D eigenvalue weighted by Gasteiger charge is 2.26. The molecule has 6 heteroatoms. The van der Waals surface area contributed by atoms with Gasteiger partial charge in [-0.05, 0) is 27.2 Å². The van der Waals surface area contributed by atoms with Crippen LogP contribution in [0.25, 0.3) is 0 Å². The molecule has 0 aromatic carbocycles. The molecule has 0 aromatic rings. The van der Waals surface area contributed by atoms with Gasteiger partial charge >= 0.3 is 6.09 Å². The fourth-order valence-electron chi connectivity index (χ4n) is 1.54. The van der Waals surface area contributed by atoms with Crippen LogP contribution in [0.15, 0.2) is 0 Å². The lowest BCUT2D eigenvalue weighted by atomic mass is 10.2. The molecule has 0 aliphatic carbocycles. The fourth-order valence-corrected chi connectivity index (χ4v) is 1.54. The van der Waals surface area contributed by atoms with Crippen LogP contribution in [-0.2, 0) is 4.74 Å². The minimum absolute atomic E-state index is 0. The van der Waals surface area contributed by atoms with Crippen LogP contribution >= 0.6 is 12.4 Å². The molecule has 0 bridgehead atoms. The lowest BCUT2D eigenvalue weighted by Gasteiger charge is -2.21. The van der Waals surface area contributed by atoms with Gasteiger partial charge in [0.05, 0.1) is 6.61 Å². The zero-order chi connectivity index (χ0) is 11.5. The predicted octanol–water partition coefficient (Wildman–Crippen LogP) is 0.656. The predicted molar refractivity (Wildman–Crippen MR) is 63.9 cm³/mol. The topological polar surface area (TPSA) is 70.6 Å². The van der Waals surface area contributed by atoms with Crippen molar-refractivity contribution in [1.29, 1.82) is 0 Å². The maximum absolute atomic E-state index is 11.4. The van der Waals surface area contributed by atoms with Crippen molar-refractivity contribution in [3.63, 3.8) is 0 Å². The number of alkyl carbamates (subject to hydrolysis) is 1. The molecule has 5 nitrogen and oxygen atoms in total. The van der Waals surface area contributed by atoms with Crippen molar-refractivity contribution in [1.82, 2.24) is 10.6 Å². The fraction of sp³-hybridized carbons (Fsp3) is 0.900. The summed E-state index contributed by atoms with van der Waals surface area (Å²) in [5.74, 6) is 0. The second-order valence-electron chi connectivity index (χ2n) is 4.87. The number of carbonyl (C=O) groups excluding carboxylic acids is 1. The summed E-state index contributed by atoms with van der Waals surface area (Å²) in [6, 6.07) is 0.141. The van der Waals surface area contributed by atoms with Crippen LogP contribution in [0.2, 0.25) is 0 Å². The molecule has 96 valence electrons. The van der Waals surface area contributed by atoms with Gasteiger partial charge in [0.2, 0.25) is 0 Å². The Morgan fingerprint density at radius 2 is 2.19 bits per heavy atom. The van der Waals surface area contributed by atoms with Crippen molar-refractivity contribution in [2.24, 2.45) is 0 Å². The van der Waals surface area contributed by atoms with E-state index in [2.05, 4.69) is 10.6 Å². The molecule has 0 aromatic heterocycles. The van der Waals surface area contributed by atoms with E-state index in [9.17, 15) is 4.79 Å². The number of rotatable bonds is 2. The van der Waals surface area contributed by atoms with E-state index in [0.717, 1.165) is 6.42 Å². The summed E-state index contributed by atoms with van der Waals surface area (Å²) in [5.41, 5.74) is -0.466. The highest BCUT2D eigenvalue weighted by atomic mass is 35.5. The van der Waals surface area contributed by atoms with Crippen LogP contribution in [0.1, 0.15) is 27.2 Å². The number of aliphatic hydroxyl groups excluding tert-OH is 1. The van der Waals surface area contributed by atoms with Crippen LogP contribution in [0.5, 0.6) is 0 Å². The Balaban J connectivity index is 0.00000225. The monoisotopic (exact) mass is 252 g/mol. The first-order valence-corrected chi connectivity index (χ1v) is 5.24. The molecular weight excluding hydrogens is 232 g/mol. The molecule has 1 aliphatic rings. The van der Waals surface area contributed by atoms with Crippen LogP contribution in [0, 0.1) is 0 Å². The summed E-state index contributed by atoms with van der Waals surface area (Å²) >= 11 is 0. The molecule has 1 fully saturated rings. The summed E-state index contributed by atoms with van der Waals surface area (Å²) in [7, 11) is 0. The second kappa shape index (κ2) is 6.27. The van der Waals surface area contributed by atoms with Crippen molar-refractivity contribution in [3.05, 3.63) is 0 Å². The third kappa shape index (κ3) is 5.53. The maximum Gasteiger partial charge on any atom is 0.407 e. The number of hydrogen-bond donors (Lipinski definition) is 3. The number of nitrogens with one attached hydrogen (secondary N) is 2. The Hall–Kier alpha value is -0.520. The van der Waals surface area contributed by atoms with Gasteiger partial charge < -0.3 is 20.5 Å². The number of ether oxygens (including phenoxy) is 1. The van der Waals surface area contributed by atoms with Gasteiger partial charge in [-0.3, -0.25) is 0 Å². The number of halogens is 1. The van der Waals surface area contributed by atoms with Crippen LogP contribution in [0.4, 0.5) is 4.79 Å². The quantitative estimate of drug-likeness (QED) is 0.675. The number of amides is 1. The van der Waals surface area contributed by atoms with Crippen molar-refractivity contribution >= 4 is 18.5 Å². The van der Waals surface area contributed by atoms with E-state index in [-0.39, 0.29) is 31.1 Å². The average molecular weight is 253 g/mol. The van der Waals surface area contributed by atoms with Crippen LogP contribution in [-0.4, -0.2) is 42.0 Å². The van der Waals surface area contributed by atoms with Gasteiger partial charge in [-0.15, -0.1) is 12.4 Å². The third-order valence-corrected chi connectivity index (χ3v) is 2.16. The first-order valence-electron chi connectivity index (χ1n) is 5.24. The van der Waals surface area contributed by atoms with Gasteiger partial charge in [0.15, 0.2) is 0 Å². The Morgan fingerprint density at radius 1 is 1.56 bits per heavy atom. The van der Waals surface area contributed by atoms with Crippen molar-refractivity contribution in [2.75, 3.05) is 13.2 Å². The minimum atomic E-state index is -0.466. The lowest BCUT2D eigenvalue weighted by Crippen LogP contribution is -2.40. The minimum Gasteiger partial charge on any atom is -0.444 e. The number of carbonyl (C=O) groups is 1. The number of aliphatic hydroxyl groups is 1. The SMILES string of the molecule is CC(C)(C)OC(=O)NC1CNC(CO)C1.Cl. The zero-order valence-electron chi connectivity index (χ0n) is 9.95. The average Bonchev–Trinajstić information content (AvgIpc) is 2.48. The van der Waals surface area contributed by atoms with Crippen LogP contribution < -0.4 is 10.6 Å². The first kappa shape index (κ1) is 15.5. The lowest BCUT2D eigenvalue weighted by molar-refractivity contribution is 0.0507. The molecular formula is C10H21ClN2O3. The smallest absolute Gasteiger partial charge is 0.407 e. The van der Waals surface area contributed by atoms with Gasteiger partial charge in [0.25, 0.3) is 0 Å². The van der Waals surface area contributed by atoms with E-state index in [1.54, 1.807) is 0 Å². The van der Waals surface area contributed by atoms with Gasteiger partial charge in [-0.1, -0.05) is 0 Å². The number of hydrogen-bond acceptors (Lipinski definition) is 4. The molecule has 2 unspecified atom stereocenters. The van der Waals surface area contributed by atoms with Gasteiger partial charge in [0, 0.05) is 18.6 Å². The van der Waals surface area contributed by atoms with E-state index in [1.165, 1.54) is 0 Å². The van der Waals surface area contributed by atoms with E-state index >= 15 is 0 Å². The summed E-state index contributed by atoms with van der Waals surface area (Å²) < 4.78 is 5.13. The van der Waals surface area contributed by atoms with Gasteiger partial charge in [-0.2, -0.15) is 0 Å². The Morgan fingerprint density at radius 3 is 2.62 bits per heavy atom. The maximum atomic E-state index is 11.4. The molecule has 0 saturated carbocycles. The largest absolute Gasteiger partial charge is 0.444 e. The molecule has 1 heterocycles. The van der Waals surface area contributed by atoms with Crippen molar-refractivity contribution in [2.45, 2.75) is 44.9 Å². The van der Waals surface area contributed by atoms with Gasteiger partial charge in [-0.25, -0.2) is 4.79 Å². The molecule has 1 aliphatic heterocycles. The highest BCUT2D eigenvalue weighted by molar-refractivity contribution is 5.85. The molecule has 1 saturated heterocycles. The summed E-state index contributed by atoms with van der Waals surface area (Å²) in [6.45, 7) is 6.28. The normalized spacial score (nSPS) is 24.8. The Kier molecular flexibility index (Phi) is 6.07. The molecule has 3 N–H and O–H groups in total. The molecule has 1 rings (SSSR count).